The quantitative estimate of drug-likeness (QED) is 0.590. The average Bonchev–Trinajstić information content (AvgIpc) is 3.16. The number of aliphatic imine (C=N–C) groups is 1. The van der Waals surface area contributed by atoms with Crippen LogP contribution in [0.1, 0.15) is 16.0 Å². The number of hydrogen-bond donors (Lipinski definition) is 1. The molecule has 0 saturated carbocycles. The van der Waals surface area contributed by atoms with Crippen molar-refractivity contribution < 1.29 is 18.3 Å². The second kappa shape index (κ2) is 6.65. The number of rotatable bonds is 2. The number of hydrogen-bond acceptors (Lipinski definition) is 4. The van der Waals surface area contributed by atoms with Gasteiger partial charge in [0.2, 0.25) is 5.88 Å². The zero-order valence-corrected chi connectivity index (χ0v) is 15.4. The van der Waals surface area contributed by atoms with E-state index in [0.29, 0.717) is 5.57 Å². The zero-order valence-electron chi connectivity index (χ0n) is 13.9. The molecule has 0 spiro atoms. The van der Waals surface area contributed by atoms with Gasteiger partial charge in [-0.3, -0.25) is 9.79 Å². The molecule has 1 aliphatic rings. The van der Waals surface area contributed by atoms with E-state index < -0.39 is 27.5 Å². The van der Waals surface area contributed by atoms with Crippen LogP contribution < -0.4 is 4.87 Å². The number of nitrogens with zero attached hydrogens (tertiary/aromatic N) is 2. The molecule has 3 aromatic rings. The number of fused-ring (bicyclic) bond motifs is 1. The Morgan fingerprint density at radius 1 is 1.18 bits per heavy atom. The lowest BCUT2D eigenvalue weighted by Gasteiger charge is -2.11. The summed E-state index contributed by atoms with van der Waals surface area (Å²) in [5.41, 5.74) is 1.07. The van der Waals surface area contributed by atoms with Gasteiger partial charge < -0.3 is 5.11 Å². The van der Waals surface area contributed by atoms with Gasteiger partial charge in [0.05, 0.1) is 26.8 Å². The maximum Gasteiger partial charge on any atom is 0.417 e. The third-order valence-electron chi connectivity index (χ3n) is 4.17. The molecule has 1 aliphatic heterocycles. The van der Waals surface area contributed by atoms with Crippen LogP contribution in [0.15, 0.2) is 52.3 Å². The highest BCUT2D eigenvalue weighted by molar-refractivity contribution is 7.10. The van der Waals surface area contributed by atoms with E-state index >= 15 is 0 Å². The third-order valence-corrected chi connectivity index (χ3v) is 5.38. The van der Waals surface area contributed by atoms with Crippen LogP contribution in [0.25, 0.3) is 17.3 Å². The Balaban J connectivity index is 1.81. The summed E-state index contributed by atoms with van der Waals surface area (Å²) in [6, 6.07) is 10.4. The van der Waals surface area contributed by atoms with Gasteiger partial charge in [-0.05, 0) is 30.3 Å². The van der Waals surface area contributed by atoms with Crippen molar-refractivity contribution in [3.63, 3.8) is 0 Å². The maximum atomic E-state index is 13.1. The smallest absolute Gasteiger partial charge is 0.417 e. The molecule has 28 heavy (non-hydrogen) atoms. The topological polar surface area (TPSA) is 54.6 Å². The van der Waals surface area contributed by atoms with E-state index in [4.69, 9.17) is 11.6 Å². The SMILES string of the molecule is O=c1sc(/C=C2\C=Nc3ccccc32)c(O)n1-c1ccc(Cl)c(C(F)(F)F)c1. The van der Waals surface area contributed by atoms with Gasteiger partial charge in [0.15, 0.2) is 0 Å². The van der Waals surface area contributed by atoms with Gasteiger partial charge in [-0.1, -0.05) is 41.1 Å². The Bertz CT molecular complexity index is 1210. The standard InChI is InChI=1S/C19H10ClF3N2O2S/c20-14-6-5-11(8-13(14)19(21,22)23)25-17(26)16(28-18(25)27)7-10-9-24-15-4-2-1-3-12(10)15/h1-9,26H/b10-7+. The van der Waals surface area contributed by atoms with E-state index in [-0.39, 0.29) is 10.6 Å². The third kappa shape index (κ3) is 3.14. The average molecular weight is 423 g/mol. The number of allylic oxidation sites excluding steroid dienone is 1. The fourth-order valence-electron chi connectivity index (χ4n) is 2.87. The van der Waals surface area contributed by atoms with Crippen LogP contribution in [0.4, 0.5) is 18.9 Å². The Hall–Kier alpha value is -2.84. The van der Waals surface area contributed by atoms with Gasteiger partial charge in [0.1, 0.15) is 0 Å². The maximum absolute atomic E-state index is 13.1. The molecule has 4 nitrogen and oxygen atoms in total. The zero-order chi connectivity index (χ0) is 20.1. The van der Waals surface area contributed by atoms with Crippen molar-refractivity contribution in [2.45, 2.75) is 6.18 Å². The molecule has 9 heteroatoms. The molecule has 1 aromatic heterocycles. The second-order valence-corrected chi connectivity index (χ2v) is 7.33. The van der Waals surface area contributed by atoms with Crippen LogP contribution in [0, 0.1) is 0 Å². The molecule has 0 radical (unpaired) electrons. The molecule has 0 saturated heterocycles. The Labute approximate surface area is 165 Å². The van der Waals surface area contributed by atoms with Gasteiger partial charge in [-0.2, -0.15) is 13.2 Å². The molecule has 142 valence electrons. The Morgan fingerprint density at radius 2 is 1.93 bits per heavy atom. The normalized spacial score (nSPS) is 14.6. The summed E-state index contributed by atoms with van der Waals surface area (Å²) < 4.78 is 40.1. The molecule has 4 rings (SSSR count). The summed E-state index contributed by atoms with van der Waals surface area (Å²) >= 11 is 6.34. The van der Waals surface area contributed by atoms with E-state index in [0.717, 1.165) is 39.3 Å². The van der Waals surface area contributed by atoms with Crippen molar-refractivity contribution in [3.05, 3.63) is 73.2 Å². The number of aromatic hydroxyl groups is 1. The first kappa shape index (κ1) is 18.5. The highest BCUT2D eigenvalue weighted by atomic mass is 35.5. The summed E-state index contributed by atoms with van der Waals surface area (Å²) in [4.78, 5) is 16.2. The first-order valence-corrected chi connectivity index (χ1v) is 9.12. The van der Waals surface area contributed by atoms with Gasteiger partial charge in [-0.15, -0.1) is 0 Å². The minimum Gasteiger partial charge on any atom is -0.493 e. The monoisotopic (exact) mass is 422 g/mol. The van der Waals surface area contributed by atoms with Gasteiger partial charge in [-0.25, -0.2) is 4.57 Å². The largest absolute Gasteiger partial charge is 0.493 e. The van der Waals surface area contributed by atoms with Crippen molar-refractivity contribution in [1.82, 2.24) is 4.57 Å². The van der Waals surface area contributed by atoms with Gasteiger partial charge >= 0.3 is 11.0 Å². The fraction of sp³-hybridized carbons (Fsp3) is 0.0526. The van der Waals surface area contributed by atoms with E-state index in [2.05, 4.69) is 4.99 Å². The number of thiazole rings is 1. The molecule has 0 bridgehead atoms. The number of alkyl halides is 3. The molecule has 0 fully saturated rings. The van der Waals surface area contributed by atoms with Crippen LogP contribution >= 0.6 is 22.9 Å². The molecule has 2 heterocycles. The fourth-order valence-corrected chi connectivity index (χ4v) is 3.93. The van der Waals surface area contributed by atoms with Crippen molar-refractivity contribution in [1.29, 1.82) is 0 Å². The lowest BCUT2D eigenvalue weighted by molar-refractivity contribution is -0.137. The first-order chi connectivity index (χ1) is 13.3. The van der Waals surface area contributed by atoms with Crippen molar-refractivity contribution in [2.75, 3.05) is 0 Å². The van der Waals surface area contributed by atoms with Crippen molar-refractivity contribution in [2.24, 2.45) is 4.99 Å². The summed E-state index contributed by atoms with van der Waals surface area (Å²) in [6.07, 6.45) is -1.51. The number of benzene rings is 2. The number of halogens is 4. The highest BCUT2D eigenvalue weighted by Gasteiger charge is 2.34. The van der Waals surface area contributed by atoms with E-state index in [9.17, 15) is 23.1 Å². The van der Waals surface area contributed by atoms with Crippen LogP contribution in [-0.2, 0) is 6.18 Å². The molecule has 0 unspecified atom stereocenters. The molecular weight excluding hydrogens is 413 g/mol. The molecule has 0 amide bonds. The van der Waals surface area contributed by atoms with Crippen molar-refractivity contribution in [3.8, 4) is 11.6 Å². The Morgan fingerprint density at radius 3 is 2.68 bits per heavy atom. The molecule has 0 aliphatic carbocycles. The van der Waals surface area contributed by atoms with Crippen LogP contribution in [-0.4, -0.2) is 15.9 Å². The molecule has 2 aromatic carbocycles. The van der Waals surface area contributed by atoms with Crippen LogP contribution in [0.5, 0.6) is 5.88 Å². The van der Waals surface area contributed by atoms with E-state index in [1.54, 1.807) is 12.3 Å². The summed E-state index contributed by atoms with van der Waals surface area (Å²) in [5, 5.41) is 10.0. The Kier molecular flexibility index (Phi) is 4.40. The summed E-state index contributed by atoms with van der Waals surface area (Å²) in [5.74, 6) is -0.448. The minimum atomic E-state index is -4.68. The predicted octanol–water partition coefficient (Wildman–Crippen LogP) is 5.53. The predicted molar refractivity (Wildman–Crippen MR) is 104 cm³/mol. The van der Waals surface area contributed by atoms with E-state index in [1.165, 1.54) is 6.07 Å². The molecule has 0 atom stereocenters. The summed E-state index contributed by atoms with van der Waals surface area (Å²) in [6.45, 7) is 0. The van der Waals surface area contributed by atoms with E-state index in [1.807, 2.05) is 24.3 Å². The van der Waals surface area contributed by atoms with Crippen LogP contribution in [0.2, 0.25) is 5.02 Å². The highest BCUT2D eigenvalue weighted by Crippen LogP contribution is 2.38. The minimum absolute atomic E-state index is 0.124. The number of para-hydroxylation sites is 1. The van der Waals surface area contributed by atoms with Crippen LogP contribution in [0.3, 0.4) is 0 Å². The molecular formula is C19H10ClF3N2O2S. The molecule has 1 N–H and O–H groups in total. The lowest BCUT2D eigenvalue weighted by Crippen LogP contribution is -2.12. The van der Waals surface area contributed by atoms with Gasteiger partial charge in [0.25, 0.3) is 0 Å². The first-order valence-electron chi connectivity index (χ1n) is 7.93. The number of aromatic nitrogens is 1. The lowest BCUT2D eigenvalue weighted by atomic mass is 10.1. The van der Waals surface area contributed by atoms with Crippen molar-refractivity contribution >= 4 is 46.5 Å². The summed E-state index contributed by atoms with van der Waals surface area (Å²) in [7, 11) is 0. The van der Waals surface area contributed by atoms with Gasteiger partial charge in [0, 0.05) is 17.4 Å². The second-order valence-electron chi connectivity index (χ2n) is 5.93.